The van der Waals surface area contributed by atoms with E-state index in [1.54, 1.807) is 0 Å². The Labute approximate surface area is 132 Å². The van der Waals surface area contributed by atoms with Crippen molar-refractivity contribution in [3.8, 4) is 0 Å². The lowest BCUT2D eigenvalue weighted by Crippen LogP contribution is -2.53. The minimum Gasteiger partial charge on any atom is -0.389 e. The maximum Gasteiger partial charge on any atom is 0.139 e. The van der Waals surface area contributed by atoms with Crippen molar-refractivity contribution in [2.75, 3.05) is 0 Å². The molecule has 0 aromatic heterocycles. The molecule has 4 unspecified atom stereocenters. The molecule has 4 rings (SSSR count). The summed E-state index contributed by atoms with van der Waals surface area (Å²) in [5.41, 5.74) is 0.905. The number of Topliss-reactive ketones (excluding diaryl/α,β-unsaturated/α-hetero) is 1. The molecule has 22 heavy (non-hydrogen) atoms. The lowest BCUT2D eigenvalue weighted by atomic mass is 9.48. The number of hydrogen-bond donors (Lipinski definition) is 2. The summed E-state index contributed by atoms with van der Waals surface area (Å²) >= 11 is 0. The van der Waals surface area contributed by atoms with E-state index in [2.05, 4.69) is 19.9 Å². The molecule has 2 saturated carbocycles. The van der Waals surface area contributed by atoms with E-state index in [4.69, 9.17) is 0 Å². The van der Waals surface area contributed by atoms with Crippen LogP contribution in [0.1, 0.15) is 46.0 Å². The van der Waals surface area contributed by atoms with Gasteiger partial charge in [-0.15, -0.1) is 0 Å². The van der Waals surface area contributed by atoms with E-state index < -0.39 is 12.2 Å². The quantitative estimate of drug-likeness (QED) is 0.676. The van der Waals surface area contributed by atoms with Crippen LogP contribution in [0, 0.1) is 28.6 Å². The summed E-state index contributed by atoms with van der Waals surface area (Å²) in [4.78, 5) is 12.4. The van der Waals surface area contributed by atoms with Gasteiger partial charge in [-0.05, 0) is 43.4 Å². The lowest BCUT2D eigenvalue weighted by molar-refractivity contribution is -0.133. The summed E-state index contributed by atoms with van der Waals surface area (Å²) < 4.78 is 0. The molecule has 0 bridgehead atoms. The average molecular weight is 302 g/mol. The largest absolute Gasteiger partial charge is 0.389 e. The molecular weight excluding hydrogens is 276 g/mol. The molecule has 0 amide bonds. The molecule has 120 valence electrons. The Kier molecular flexibility index (Phi) is 3.03. The fourth-order valence-corrected chi connectivity index (χ4v) is 6.00. The van der Waals surface area contributed by atoms with Crippen LogP contribution in [0.25, 0.3) is 0 Å². The van der Waals surface area contributed by atoms with Crippen LogP contribution < -0.4 is 0 Å². The average Bonchev–Trinajstić information content (AvgIpc) is 2.77. The number of aliphatic hydroxyl groups is 2. The van der Waals surface area contributed by atoms with E-state index in [1.807, 2.05) is 12.2 Å². The van der Waals surface area contributed by atoms with Crippen molar-refractivity contribution in [3.05, 3.63) is 23.8 Å². The SMILES string of the molecule is C[C@]12C=CC(O)CC1=C[C@H](O)C1C2CC[C@]2(C)C(=O)CCC12. The predicted molar refractivity (Wildman–Crippen MR) is 84.0 cm³/mol. The summed E-state index contributed by atoms with van der Waals surface area (Å²) in [5.74, 6) is 1.27. The molecule has 0 aliphatic heterocycles. The maximum atomic E-state index is 12.4. The van der Waals surface area contributed by atoms with Gasteiger partial charge in [0.2, 0.25) is 0 Å². The van der Waals surface area contributed by atoms with E-state index in [1.165, 1.54) is 5.57 Å². The molecule has 0 aromatic carbocycles. The summed E-state index contributed by atoms with van der Waals surface area (Å²) in [5, 5.41) is 20.7. The third kappa shape index (κ3) is 1.73. The van der Waals surface area contributed by atoms with Crippen LogP contribution in [0.15, 0.2) is 23.8 Å². The minimum absolute atomic E-state index is 0.0594. The van der Waals surface area contributed by atoms with Gasteiger partial charge < -0.3 is 10.2 Å². The smallest absolute Gasteiger partial charge is 0.139 e. The monoisotopic (exact) mass is 302 g/mol. The van der Waals surface area contributed by atoms with E-state index in [0.717, 1.165) is 19.3 Å². The van der Waals surface area contributed by atoms with Gasteiger partial charge in [0.05, 0.1) is 12.2 Å². The number of carbonyl (C=O) groups is 1. The maximum absolute atomic E-state index is 12.4. The number of aliphatic hydroxyl groups excluding tert-OH is 2. The summed E-state index contributed by atoms with van der Waals surface area (Å²) in [6, 6.07) is 0. The van der Waals surface area contributed by atoms with Crippen molar-refractivity contribution >= 4 is 5.78 Å². The van der Waals surface area contributed by atoms with Crippen LogP contribution in [-0.2, 0) is 4.79 Å². The molecule has 0 radical (unpaired) electrons. The van der Waals surface area contributed by atoms with Gasteiger partial charge in [0, 0.05) is 17.3 Å². The molecule has 0 heterocycles. The Balaban J connectivity index is 1.78. The van der Waals surface area contributed by atoms with Gasteiger partial charge in [0.15, 0.2) is 0 Å². The zero-order valence-corrected chi connectivity index (χ0v) is 13.5. The number of carbonyl (C=O) groups excluding carboxylic acids is 1. The van der Waals surface area contributed by atoms with Gasteiger partial charge in [-0.3, -0.25) is 4.79 Å². The Morgan fingerprint density at radius 1 is 1.18 bits per heavy atom. The van der Waals surface area contributed by atoms with Crippen molar-refractivity contribution in [3.63, 3.8) is 0 Å². The lowest BCUT2D eigenvalue weighted by Gasteiger charge is -2.56. The third-order valence-corrected chi connectivity index (χ3v) is 7.36. The van der Waals surface area contributed by atoms with Crippen molar-refractivity contribution in [2.45, 2.75) is 58.2 Å². The second-order valence-corrected chi connectivity index (χ2v) is 8.30. The Morgan fingerprint density at radius 3 is 2.73 bits per heavy atom. The normalized spacial score (nSPS) is 53.5. The molecule has 3 nitrogen and oxygen atoms in total. The van der Waals surface area contributed by atoms with Gasteiger partial charge in [-0.1, -0.05) is 37.6 Å². The number of fused-ring (bicyclic) bond motifs is 5. The predicted octanol–water partition coefficient (Wildman–Crippen LogP) is 2.63. The molecule has 0 saturated heterocycles. The van der Waals surface area contributed by atoms with E-state index in [9.17, 15) is 15.0 Å². The highest BCUT2D eigenvalue weighted by atomic mass is 16.3. The molecule has 2 N–H and O–H groups in total. The number of rotatable bonds is 0. The van der Waals surface area contributed by atoms with E-state index in [-0.39, 0.29) is 16.7 Å². The molecule has 3 heteroatoms. The van der Waals surface area contributed by atoms with Gasteiger partial charge in [-0.2, -0.15) is 0 Å². The second-order valence-electron chi connectivity index (χ2n) is 8.30. The van der Waals surface area contributed by atoms with Gasteiger partial charge >= 0.3 is 0 Å². The Hall–Kier alpha value is -0.930. The van der Waals surface area contributed by atoms with Crippen LogP contribution in [0.5, 0.6) is 0 Å². The van der Waals surface area contributed by atoms with E-state index in [0.29, 0.717) is 30.5 Å². The topological polar surface area (TPSA) is 57.5 Å². The fraction of sp³-hybridized carbons (Fsp3) is 0.737. The summed E-state index contributed by atoms with van der Waals surface area (Å²) in [6.07, 6.45) is 9.36. The molecular formula is C19H26O3. The molecule has 4 aliphatic carbocycles. The molecule has 2 fully saturated rings. The van der Waals surface area contributed by atoms with Crippen molar-refractivity contribution < 1.29 is 15.0 Å². The first-order chi connectivity index (χ1) is 10.4. The second kappa shape index (κ2) is 4.55. The number of allylic oxidation sites excluding steroid dienone is 1. The Morgan fingerprint density at radius 2 is 1.95 bits per heavy atom. The fourth-order valence-electron chi connectivity index (χ4n) is 6.00. The third-order valence-electron chi connectivity index (χ3n) is 7.36. The van der Waals surface area contributed by atoms with Crippen LogP contribution in [0.2, 0.25) is 0 Å². The number of hydrogen-bond acceptors (Lipinski definition) is 3. The first kappa shape index (κ1) is 14.6. The molecule has 4 aliphatic rings. The van der Waals surface area contributed by atoms with Crippen molar-refractivity contribution in [1.82, 2.24) is 0 Å². The van der Waals surface area contributed by atoms with Gasteiger partial charge in [-0.25, -0.2) is 0 Å². The van der Waals surface area contributed by atoms with Gasteiger partial charge in [0.1, 0.15) is 5.78 Å². The first-order valence-electron chi connectivity index (χ1n) is 8.66. The number of ketones is 1. The molecule has 0 spiro atoms. The van der Waals surface area contributed by atoms with Crippen LogP contribution in [-0.4, -0.2) is 28.2 Å². The Bertz CT molecular complexity index is 577. The molecule has 7 atom stereocenters. The first-order valence-corrected chi connectivity index (χ1v) is 8.66. The van der Waals surface area contributed by atoms with Crippen LogP contribution in [0.4, 0.5) is 0 Å². The van der Waals surface area contributed by atoms with Crippen LogP contribution in [0.3, 0.4) is 0 Å². The highest BCUT2D eigenvalue weighted by molar-refractivity contribution is 5.87. The van der Waals surface area contributed by atoms with Crippen molar-refractivity contribution in [2.24, 2.45) is 28.6 Å². The van der Waals surface area contributed by atoms with Crippen LogP contribution >= 0.6 is 0 Å². The molecule has 0 aromatic rings. The van der Waals surface area contributed by atoms with Crippen molar-refractivity contribution in [1.29, 1.82) is 0 Å². The minimum atomic E-state index is -0.470. The zero-order valence-electron chi connectivity index (χ0n) is 13.5. The highest BCUT2D eigenvalue weighted by Crippen LogP contribution is 2.62. The highest BCUT2D eigenvalue weighted by Gasteiger charge is 2.60. The summed E-state index contributed by atoms with van der Waals surface area (Å²) in [7, 11) is 0. The van der Waals surface area contributed by atoms with Gasteiger partial charge in [0.25, 0.3) is 0 Å². The standard InChI is InChI=1S/C19H26O3/c1-18-7-5-12(20)9-11(18)10-15(21)17-13-3-4-16(22)19(13,2)8-6-14(17)18/h5,7,10,12-15,17,20-21H,3-4,6,8-9H2,1-2H3/t12?,13?,14?,15-,17?,18-,19-/m0/s1. The zero-order chi connectivity index (χ0) is 15.7. The van der Waals surface area contributed by atoms with E-state index >= 15 is 0 Å². The summed E-state index contributed by atoms with van der Waals surface area (Å²) in [6.45, 7) is 4.38.